The first-order chi connectivity index (χ1) is 10.1. The normalized spacial score (nSPS) is 18.0. The van der Waals surface area contributed by atoms with Gasteiger partial charge in [-0.25, -0.2) is 9.59 Å². The van der Waals surface area contributed by atoms with Crippen molar-refractivity contribution in [2.75, 3.05) is 6.61 Å². The Morgan fingerprint density at radius 1 is 1.38 bits per heavy atom. The van der Waals surface area contributed by atoms with Crippen LogP contribution in [0.1, 0.15) is 18.4 Å². The standard InChI is InChI=1S/C15H13BrO5/c16-10-3-4-11-9(6-14(17)21-13(11)7-10)8-20-15(18)12-2-1-5-19-12/h3-4,6-7,12H,1-2,5,8H2. The molecule has 1 unspecified atom stereocenters. The molecule has 1 aliphatic rings. The second-order valence-corrected chi connectivity index (χ2v) is 5.76. The molecule has 1 aliphatic heterocycles. The van der Waals surface area contributed by atoms with E-state index in [1.165, 1.54) is 6.07 Å². The highest BCUT2D eigenvalue weighted by Crippen LogP contribution is 2.22. The van der Waals surface area contributed by atoms with Crippen LogP contribution in [0.25, 0.3) is 11.0 Å². The molecule has 0 aliphatic carbocycles. The highest BCUT2D eigenvalue weighted by molar-refractivity contribution is 9.10. The number of carbonyl (C=O) groups excluding carboxylic acids is 1. The number of hydrogen-bond acceptors (Lipinski definition) is 5. The van der Waals surface area contributed by atoms with Crippen LogP contribution >= 0.6 is 15.9 Å². The molecule has 0 bridgehead atoms. The van der Waals surface area contributed by atoms with Gasteiger partial charge in [-0.15, -0.1) is 0 Å². The van der Waals surface area contributed by atoms with Gasteiger partial charge in [0.1, 0.15) is 12.2 Å². The van der Waals surface area contributed by atoms with Gasteiger partial charge in [-0.05, 0) is 31.0 Å². The Morgan fingerprint density at radius 3 is 3.00 bits per heavy atom. The van der Waals surface area contributed by atoms with Crippen molar-refractivity contribution >= 4 is 32.9 Å². The maximum atomic E-state index is 11.8. The van der Waals surface area contributed by atoms with Crippen molar-refractivity contribution in [1.29, 1.82) is 0 Å². The zero-order valence-corrected chi connectivity index (χ0v) is 12.7. The molecule has 1 aromatic heterocycles. The van der Waals surface area contributed by atoms with Gasteiger partial charge >= 0.3 is 11.6 Å². The minimum Gasteiger partial charge on any atom is -0.459 e. The smallest absolute Gasteiger partial charge is 0.336 e. The molecule has 1 aromatic carbocycles. The van der Waals surface area contributed by atoms with Gasteiger partial charge in [-0.3, -0.25) is 0 Å². The van der Waals surface area contributed by atoms with Crippen LogP contribution in [0.4, 0.5) is 0 Å². The molecule has 6 heteroatoms. The van der Waals surface area contributed by atoms with Crippen molar-refractivity contribution in [1.82, 2.24) is 0 Å². The fourth-order valence-corrected chi connectivity index (χ4v) is 2.67. The zero-order valence-electron chi connectivity index (χ0n) is 11.1. The van der Waals surface area contributed by atoms with Gasteiger partial charge in [-0.1, -0.05) is 15.9 Å². The SMILES string of the molecule is O=C(OCc1cc(=O)oc2cc(Br)ccc12)C1CCCO1. The molecular formula is C15H13BrO5. The van der Waals surface area contributed by atoms with E-state index in [1.807, 2.05) is 12.1 Å². The lowest BCUT2D eigenvalue weighted by molar-refractivity contribution is -0.155. The molecule has 0 N–H and O–H groups in total. The Kier molecular flexibility index (Phi) is 4.07. The number of carbonyl (C=O) groups is 1. The van der Waals surface area contributed by atoms with Gasteiger partial charge in [0.25, 0.3) is 0 Å². The van der Waals surface area contributed by atoms with Crippen LogP contribution in [0.2, 0.25) is 0 Å². The largest absolute Gasteiger partial charge is 0.459 e. The third-order valence-corrected chi connectivity index (χ3v) is 3.85. The van der Waals surface area contributed by atoms with E-state index in [1.54, 1.807) is 6.07 Å². The summed E-state index contributed by atoms with van der Waals surface area (Å²) < 4.78 is 16.5. The predicted molar refractivity (Wildman–Crippen MR) is 79.0 cm³/mol. The maximum absolute atomic E-state index is 11.8. The Labute approximate surface area is 129 Å². The number of ether oxygens (including phenoxy) is 2. The second kappa shape index (κ2) is 5.99. The van der Waals surface area contributed by atoms with E-state index in [0.717, 1.165) is 16.3 Å². The van der Waals surface area contributed by atoms with Gasteiger partial charge in [-0.2, -0.15) is 0 Å². The Hall–Kier alpha value is -1.66. The summed E-state index contributed by atoms with van der Waals surface area (Å²) in [6.07, 6.45) is 1.07. The monoisotopic (exact) mass is 352 g/mol. The van der Waals surface area contributed by atoms with E-state index in [0.29, 0.717) is 24.2 Å². The molecular weight excluding hydrogens is 340 g/mol. The number of fused-ring (bicyclic) bond motifs is 1. The summed E-state index contributed by atoms with van der Waals surface area (Å²) in [5, 5.41) is 0.748. The lowest BCUT2D eigenvalue weighted by atomic mass is 10.1. The fraction of sp³-hybridized carbons (Fsp3) is 0.333. The van der Waals surface area contributed by atoms with Gasteiger partial charge in [0.05, 0.1) is 0 Å². The van der Waals surface area contributed by atoms with E-state index >= 15 is 0 Å². The van der Waals surface area contributed by atoms with Crippen LogP contribution < -0.4 is 5.63 Å². The first-order valence-electron chi connectivity index (χ1n) is 6.64. The van der Waals surface area contributed by atoms with Crippen LogP contribution in [0, 0.1) is 0 Å². The number of benzene rings is 1. The predicted octanol–water partition coefficient (Wildman–Crippen LogP) is 2.78. The Balaban J connectivity index is 1.83. The minimum atomic E-state index is -0.481. The molecule has 5 nitrogen and oxygen atoms in total. The van der Waals surface area contributed by atoms with Crippen molar-refractivity contribution in [2.24, 2.45) is 0 Å². The first kappa shape index (κ1) is 14.3. The molecule has 1 saturated heterocycles. The van der Waals surface area contributed by atoms with Crippen LogP contribution in [0.5, 0.6) is 0 Å². The summed E-state index contributed by atoms with van der Waals surface area (Å²) in [7, 11) is 0. The van der Waals surface area contributed by atoms with Crippen LogP contribution in [0.3, 0.4) is 0 Å². The molecule has 0 saturated carbocycles. The maximum Gasteiger partial charge on any atom is 0.336 e. The molecule has 0 amide bonds. The van der Waals surface area contributed by atoms with Gasteiger partial charge in [0.2, 0.25) is 0 Å². The lowest BCUT2D eigenvalue weighted by Gasteiger charge is -2.10. The van der Waals surface area contributed by atoms with Crippen molar-refractivity contribution in [3.05, 3.63) is 44.7 Å². The van der Waals surface area contributed by atoms with Crippen LogP contribution in [-0.4, -0.2) is 18.7 Å². The quantitative estimate of drug-likeness (QED) is 0.627. The number of hydrogen-bond donors (Lipinski definition) is 0. The number of halogens is 1. The Morgan fingerprint density at radius 2 is 2.24 bits per heavy atom. The summed E-state index contributed by atoms with van der Waals surface area (Å²) in [6, 6.07) is 6.71. The van der Waals surface area contributed by atoms with E-state index in [4.69, 9.17) is 13.9 Å². The van der Waals surface area contributed by atoms with Crippen molar-refractivity contribution in [2.45, 2.75) is 25.6 Å². The van der Waals surface area contributed by atoms with E-state index < -0.39 is 11.7 Å². The van der Waals surface area contributed by atoms with E-state index in [2.05, 4.69) is 15.9 Å². The molecule has 2 heterocycles. The summed E-state index contributed by atoms with van der Waals surface area (Å²) >= 11 is 3.32. The first-order valence-corrected chi connectivity index (χ1v) is 7.43. The summed E-state index contributed by atoms with van der Waals surface area (Å²) in [6.45, 7) is 0.619. The molecule has 1 atom stereocenters. The third-order valence-electron chi connectivity index (χ3n) is 3.35. The topological polar surface area (TPSA) is 65.7 Å². The van der Waals surface area contributed by atoms with Crippen molar-refractivity contribution in [3.8, 4) is 0 Å². The van der Waals surface area contributed by atoms with Crippen molar-refractivity contribution in [3.63, 3.8) is 0 Å². The lowest BCUT2D eigenvalue weighted by Crippen LogP contribution is -2.22. The summed E-state index contributed by atoms with van der Waals surface area (Å²) in [5.74, 6) is -0.383. The average molecular weight is 353 g/mol. The van der Waals surface area contributed by atoms with E-state index in [9.17, 15) is 9.59 Å². The third kappa shape index (κ3) is 3.16. The minimum absolute atomic E-state index is 0.0302. The highest BCUT2D eigenvalue weighted by Gasteiger charge is 2.25. The van der Waals surface area contributed by atoms with Crippen molar-refractivity contribution < 1.29 is 18.7 Å². The molecule has 0 radical (unpaired) electrons. The van der Waals surface area contributed by atoms with E-state index in [-0.39, 0.29) is 12.6 Å². The molecule has 21 heavy (non-hydrogen) atoms. The molecule has 3 rings (SSSR count). The molecule has 2 aromatic rings. The molecule has 1 fully saturated rings. The van der Waals surface area contributed by atoms with Gasteiger partial charge in [0.15, 0.2) is 6.10 Å². The summed E-state index contributed by atoms with van der Waals surface area (Å²) in [5.41, 5.74) is 0.615. The fourth-order valence-electron chi connectivity index (χ4n) is 2.33. The second-order valence-electron chi connectivity index (χ2n) is 4.84. The zero-order chi connectivity index (χ0) is 14.8. The molecule has 0 spiro atoms. The van der Waals surface area contributed by atoms with Crippen LogP contribution in [-0.2, 0) is 20.9 Å². The highest BCUT2D eigenvalue weighted by atomic mass is 79.9. The summed E-state index contributed by atoms with van der Waals surface area (Å²) in [4.78, 5) is 23.4. The number of rotatable bonds is 3. The Bertz CT molecular complexity index is 730. The molecule has 110 valence electrons. The van der Waals surface area contributed by atoms with Gasteiger partial charge < -0.3 is 13.9 Å². The number of esters is 1. The van der Waals surface area contributed by atoms with Gasteiger partial charge in [0, 0.05) is 28.1 Å². The van der Waals surface area contributed by atoms with Crippen LogP contribution in [0.15, 0.2) is 37.9 Å². The average Bonchev–Trinajstić information content (AvgIpc) is 2.97.